The van der Waals surface area contributed by atoms with E-state index in [0.29, 0.717) is 6.04 Å². The summed E-state index contributed by atoms with van der Waals surface area (Å²) in [4.78, 5) is 8.94. The van der Waals surface area contributed by atoms with Crippen molar-refractivity contribution in [3.05, 3.63) is 22.9 Å². The van der Waals surface area contributed by atoms with Gasteiger partial charge in [0.25, 0.3) is 0 Å². The van der Waals surface area contributed by atoms with Gasteiger partial charge in [0.2, 0.25) is 0 Å². The Morgan fingerprint density at radius 2 is 2.24 bits per heavy atom. The molecule has 17 heavy (non-hydrogen) atoms. The van der Waals surface area contributed by atoms with E-state index in [1.807, 2.05) is 6.20 Å². The van der Waals surface area contributed by atoms with Crippen LogP contribution in [0.15, 0.2) is 22.9 Å². The van der Waals surface area contributed by atoms with Crippen molar-refractivity contribution >= 4 is 21.6 Å². The molecule has 1 aromatic heterocycles. The summed E-state index contributed by atoms with van der Waals surface area (Å²) in [5.74, 6) is 0. The number of nitrogens with zero attached hydrogens (tertiary/aromatic N) is 3. The molecule has 0 aromatic carbocycles. The first-order valence-corrected chi connectivity index (χ1v) is 6.67. The molecular weight excluding hydrogens is 280 g/mol. The Bertz CT molecular complexity index is 371. The molecule has 1 aliphatic rings. The van der Waals surface area contributed by atoms with Crippen molar-refractivity contribution in [1.29, 1.82) is 0 Å². The summed E-state index contributed by atoms with van der Waals surface area (Å²) < 4.78 is 1.01. The summed E-state index contributed by atoms with van der Waals surface area (Å²) in [6.07, 6.45) is 3.66. The normalized spacial score (nSPS) is 22.6. The van der Waals surface area contributed by atoms with Crippen molar-refractivity contribution in [2.45, 2.75) is 6.04 Å². The molecule has 0 aliphatic carbocycles. The number of pyridine rings is 1. The molecule has 2 rings (SSSR count). The van der Waals surface area contributed by atoms with Gasteiger partial charge in [0.05, 0.1) is 11.9 Å². The first-order chi connectivity index (χ1) is 8.15. The van der Waals surface area contributed by atoms with Gasteiger partial charge >= 0.3 is 0 Å². The maximum atomic E-state index is 4.15. The van der Waals surface area contributed by atoms with Crippen molar-refractivity contribution in [3.63, 3.8) is 0 Å². The first kappa shape index (κ1) is 12.8. The third-order valence-corrected chi connectivity index (χ3v) is 3.66. The highest BCUT2D eigenvalue weighted by Crippen LogP contribution is 2.14. The summed E-state index contributed by atoms with van der Waals surface area (Å²) in [5.41, 5.74) is 1.07. The van der Waals surface area contributed by atoms with Gasteiger partial charge < -0.3 is 10.2 Å². The monoisotopic (exact) mass is 298 g/mol. The van der Waals surface area contributed by atoms with Crippen LogP contribution in [0.1, 0.15) is 0 Å². The number of hydrogen-bond acceptors (Lipinski definition) is 4. The standard InChI is InChI=1S/C12H19BrN4/c1-16-3-4-17(2)12(9-16)8-15-11-5-10(13)6-14-7-11/h5-7,12,15H,3-4,8-9H2,1-2H3. The topological polar surface area (TPSA) is 31.4 Å². The highest BCUT2D eigenvalue weighted by atomic mass is 79.9. The van der Waals surface area contributed by atoms with Gasteiger partial charge in [-0.3, -0.25) is 9.88 Å². The molecule has 2 heterocycles. The van der Waals surface area contributed by atoms with Crippen LogP contribution in [0.5, 0.6) is 0 Å². The number of piperazine rings is 1. The van der Waals surface area contributed by atoms with E-state index < -0.39 is 0 Å². The molecule has 1 fully saturated rings. The molecule has 0 saturated carbocycles. The molecule has 1 aromatic rings. The summed E-state index contributed by atoms with van der Waals surface area (Å²) in [7, 11) is 4.37. The van der Waals surface area contributed by atoms with Crippen LogP contribution in [0.25, 0.3) is 0 Å². The molecule has 0 amide bonds. The molecule has 1 unspecified atom stereocenters. The van der Waals surface area contributed by atoms with Gasteiger partial charge in [0, 0.05) is 42.9 Å². The molecule has 0 bridgehead atoms. The molecule has 94 valence electrons. The van der Waals surface area contributed by atoms with Gasteiger partial charge in [-0.2, -0.15) is 0 Å². The number of rotatable bonds is 3. The van der Waals surface area contributed by atoms with Crippen molar-refractivity contribution in [2.24, 2.45) is 0 Å². The molecule has 0 radical (unpaired) electrons. The molecule has 1 N–H and O–H groups in total. The molecule has 1 atom stereocenters. The molecular formula is C12H19BrN4. The van der Waals surface area contributed by atoms with Gasteiger partial charge in [-0.25, -0.2) is 0 Å². The van der Waals surface area contributed by atoms with Crippen molar-refractivity contribution in [2.75, 3.05) is 45.6 Å². The predicted molar refractivity (Wildman–Crippen MR) is 74.3 cm³/mol. The maximum Gasteiger partial charge on any atom is 0.0538 e. The number of anilines is 1. The van der Waals surface area contributed by atoms with E-state index in [2.05, 4.69) is 56.2 Å². The van der Waals surface area contributed by atoms with Crippen molar-refractivity contribution in [1.82, 2.24) is 14.8 Å². The smallest absolute Gasteiger partial charge is 0.0538 e. The third-order valence-electron chi connectivity index (χ3n) is 3.23. The van der Waals surface area contributed by atoms with Gasteiger partial charge in [-0.05, 0) is 36.1 Å². The zero-order valence-electron chi connectivity index (χ0n) is 10.4. The van der Waals surface area contributed by atoms with Gasteiger partial charge in [0.15, 0.2) is 0 Å². The number of hydrogen-bond donors (Lipinski definition) is 1. The van der Waals surface area contributed by atoms with E-state index >= 15 is 0 Å². The van der Waals surface area contributed by atoms with Crippen molar-refractivity contribution in [3.8, 4) is 0 Å². The second-order valence-corrected chi connectivity index (χ2v) is 5.59. The van der Waals surface area contributed by atoms with Crippen LogP contribution in [0.2, 0.25) is 0 Å². The lowest BCUT2D eigenvalue weighted by Crippen LogP contribution is -2.52. The Kier molecular flexibility index (Phi) is 4.36. The Morgan fingerprint density at radius 1 is 1.41 bits per heavy atom. The predicted octanol–water partition coefficient (Wildman–Crippen LogP) is 1.50. The fraction of sp³-hybridized carbons (Fsp3) is 0.583. The Morgan fingerprint density at radius 3 is 3.00 bits per heavy atom. The number of aromatic nitrogens is 1. The third kappa shape index (κ3) is 3.66. The molecule has 4 nitrogen and oxygen atoms in total. The second kappa shape index (κ2) is 5.80. The summed E-state index contributed by atoms with van der Waals surface area (Å²) >= 11 is 3.43. The van der Waals surface area contributed by atoms with Crippen LogP contribution in [0.3, 0.4) is 0 Å². The average Bonchev–Trinajstić information content (AvgIpc) is 2.30. The Balaban J connectivity index is 1.88. The fourth-order valence-corrected chi connectivity index (χ4v) is 2.43. The van der Waals surface area contributed by atoms with Crippen LogP contribution in [0, 0.1) is 0 Å². The van der Waals surface area contributed by atoms with E-state index in [4.69, 9.17) is 0 Å². The SMILES string of the molecule is CN1CCN(C)C(CNc2cncc(Br)c2)C1. The second-order valence-electron chi connectivity index (χ2n) is 4.67. The summed E-state index contributed by atoms with van der Waals surface area (Å²) in [5, 5.41) is 3.45. The van der Waals surface area contributed by atoms with Gasteiger partial charge in [-0.1, -0.05) is 0 Å². The summed E-state index contributed by atoms with van der Waals surface area (Å²) in [6, 6.07) is 2.62. The number of nitrogens with one attached hydrogen (secondary N) is 1. The molecule has 0 spiro atoms. The van der Waals surface area contributed by atoms with Crippen LogP contribution in [-0.2, 0) is 0 Å². The zero-order valence-corrected chi connectivity index (χ0v) is 11.9. The Hall–Kier alpha value is -0.650. The van der Waals surface area contributed by atoms with E-state index in [1.165, 1.54) is 0 Å². The van der Waals surface area contributed by atoms with Crippen LogP contribution in [0.4, 0.5) is 5.69 Å². The van der Waals surface area contributed by atoms with Gasteiger partial charge in [0.1, 0.15) is 0 Å². The quantitative estimate of drug-likeness (QED) is 0.916. The molecule has 1 saturated heterocycles. The minimum atomic E-state index is 0.563. The minimum Gasteiger partial charge on any atom is -0.382 e. The lowest BCUT2D eigenvalue weighted by atomic mass is 10.2. The fourth-order valence-electron chi connectivity index (χ4n) is 2.07. The van der Waals surface area contributed by atoms with E-state index in [-0.39, 0.29) is 0 Å². The number of halogens is 1. The largest absolute Gasteiger partial charge is 0.382 e. The van der Waals surface area contributed by atoms with Crippen LogP contribution >= 0.6 is 15.9 Å². The maximum absolute atomic E-state index is 4.15. The summed E-state index contributed by atoms with van der Waals surface area (Å²) in [6.45, 7) is 4.37. The number of likely N-dealkylation sites (N-methyl/N-ethyl adjacent to an activating group) is 2. The average molecular weight is 299 g/mol. The molecule has 1 aliphatic heterocycles. The van der Waals surface area contributed by atoms with Gasteiger partial charge in [-0.15, -0.1) is 0 Å². The van der Waals surface area contributed by atoms with Crippen LogP contribution < -0.4 is 5.32 Å². The lowest BCUT2D eigenvalue weighted by molar-refractivity contribution is 0.122. The van der Waals surface area contributed by atoms with Crippen molar-refractivity contribution < 1.29 is 0 Å². The highest BCUT2D eigenvalue weighted by Gasteiger charge is 2.21. The van der Waals surface area contributed by atoms with E-state index in [0.717, 1.165) is 36.3 Å². The first-order valence-electron chi connectivity index (χ1n) is 5.88. The van der Waals surface area contributed by atoms with E-state index in [9.17, 15) is 0 Å². The minimum absolute atomic E-state index is 0.563. The lowest BCUT2D eigenvalue weighted by Gasteiger charge is -2.37. The van der Waals surface area contributed by atoms with Crippen LogP contribution in [-0.4, -0.2) is 61.1 Å². The van der Waals surface area contributed by atoms with E-state index in [1.54, 1.807) is 6.20 Å². The highest BCUT2D eigenvalue weighted by molar-refractivity contribution is 9.10. The molecule has 5 heteroatoms. The zero-order chi connectivity index (χ0) is 12.3. The Labute approximate surface area is 111 Å².